The Kier molecular flexibility index (Phi) is 3.47. The summed E-state index contributed by atoms with van der Waals surface area (Å²) in [6.07, 6.45) is 0. The van der Waals surface area contributed by atoms with Gasteiger partial charge in [0.2, 0.25) is 11.7 Å². The molecule has 0 spiro atoms. The molecule has 6 heteroatoms. The minimum Gasteiger partial charge on any atom is -0.321 e. The lowest BCUT2D eigenvalue weighted by Gasteiger charge is -2.31. The molecule has 0 saturated carbocycles. The number of rotatable bonds is 2. The van der Waals surface area contributed by atoms with Crippen molar-refractivity contribution in [2.75, 3.05) is 4.90 Å². The summed E-state index contributed by atoms with van der Waals surface area (Å²) >= 11 is 5.51. The van der Waals surface area contributed by atoms with Crippen molar-refractivity contribution >= 4 is 45.1 Å². The lowest BCUT2D eigenvalue weighted by atomic mass is 9.99. The van der Waals surface area contributed by atoms with E-state index in [0.29, 0.717) is 16.8 Å². The van der Waals surface area contributed by atoms with E-state index in [1.54, 1.807) is 17.0 Å². The molecular formula is C19H13ClN2O3. The highest BCUT2D eigenvalue weighted by molar-refractivity contribution is 6.83. The summed E-state index contributed by atoms with van der Waals surface area (Å²) in [5, 5.41) is -0.373. The van der Waals surface area contributed by atoms with E-state index in [-0.39, 0.29) is 18.1 Å². The zero-order valence-corrected chi connectivity index (χ0v) is 14.1. The van der Waals surface area contributed by atoms with Gasteiger partial charge in [-0.2, -0.15) is 0 Å². The number of carbonyl (C=O) groups is 3. The van der Waals surface area contributed by atoms with E-state index in [9.17, 15) is 14.4 Å². The molecule has 2 heterocycles. The number of fused-ring (bicyclic) bond motifs is 5. The summed E-state index contributed by atoms with van der Waals surface area (Å²) in [5.74, 6) is -0.838. The molecular weight excluding hydrogens is 340 g/mol. The highest BCUT2D eigenvalue weighted by atomic mass is 35.5. The maximum atomic E-state index is 12.5. The molecule has 5 nitrogen and oxygen atoms in total. The number of nitrogens with zero attached hydrogens (tertiary/aromatic N) is 2. The number of halogens is 1. The number of amides is 1. The number of ketones is 1. The minimum absolute atomic E-state index is 0.0998. The number of anilines is 1. The molecule has 1 amide bonds. The van der Waals surface area contributed by atoms with Gasteiger partial charge in [-0.05, 0) is 23.7 Å². The van der Waals surface area contributed by atoms with E-state index in [0.717, 1.165) is 11.1 Å². The molecule has 0 radical (unpaired) electrons. The molecule has 0 bridgehead atoms. The summed E-state index contributed by atoms with van der Waals surface area (Å²) < 4.78 is 1.88. The molecule has 2 aromatic carbocycles. The topological polar surface area (TPSA) is 59.4 Å². The number of hydrogen-bond acceptors (Lipinski definition) is 3. The number of benzene rings is 2. The lowest BCUT2D eigenvalue weighted by molar-refractivity contribution is -0.117. The van der Waals surface area contributed by atoms with Crippen LogP contribution in [0.5, 0.6) is 0 Å². The summed E-state index contributed by atoms with van der Waals surface area (Å²) in [5.41, 5.74) is 3.11. The van der Waals surface area contributed by atoms with Crippen LogP contribution in [0.25, 0.3) is 22.2 Å². The Labute approximate surface area is 148 Å². The summed E-state index contributed by atoms with van der Waals surface area (Å²) in [6, 6.07) is 14.6. The summed E-state index contributed by atoms with van der Waals surface area (Å²) in [6.45, 7) is 1.77. The molecule has 0 saturated heterocycles. The van der Waals surface area contributed by atoms with Crippen molar-refractivity contribution < 1.29 is 14.4 Å². The number of aromatic nitrogens is 1. The van der Waals surface area contributed by atoms with Crippen LogP contribution in [-0.4, -0.2) is 21.5 Å². The fourth-order valence-electron chi connectivity index (χ4n) is 3.45. The Bertz CT molecular complexity index is 1070. The van der Waals surface area contributed by atoms with Gasteiger partial charge in [0.15, 0.2) is 0 Å². The Morgan fingerprint density at radius 3 is 2.40 bits per heavy atom. The third kappa shape index (κ3) is 2.20. The number of hydrogen-bond donors (Lipinski definition) is 0. The average Bonchev–Trinajstić information content (AvgIpc) is 2.94. The van der Waals surface area contributed by atoms with Gasteiger partial charge in [-0.3, -0.25) is 19.3 Å². The van der Waals surface area contributed by atoms with E-state index in [4.69, 9.17) is 11.6 Å². The zero-order valence-electron chi connectivity index (χ0n) is 13.3. The van der Waals surface area contributed by atoms with Gasteiger partial charge >= 0.3 is 0 Å². The minimum atomic E-state index is -1.02. The van der Waals surface area contributed by atoms with E-state index in [1.165, 1.54) is 6.92 Å². The van der Waals surface area contributed by atoms with Crippen molar-refractivity contribution in [3.63, 3.8) is 0 Å². The molecule has 4 rings (SSSR count). The maximum absolute atomic E-state index is 12.5. The normalized spacial score (nSPS) is 12.6. The van der Waals surface area contributed by atoms with E-state index < -0.39 is 11.0 Å². The van der Waals surface area contributed by atoms with Crippen molar-refractivity contribution in [2.45, 2.75) is 13.6 Å². The fraction of sp³-hybridized carbons (Fsp3) is 0.105. The van der Waals surface area contributed by atoms with Crippen LogP contribution in [0.1, 0.15) is 17.3 Å². The van der Waals surface area contributed by atoms with Crippen LogP contribution in [0, 0.1) is 0 Å². The van der Waals surface area contributed by atoms with Gasteiger partial charge in [0.1, 0.15) is 6.67 Å². The van der Waals surface area contributed by atoms with Crippen LogP contribution >= 0.6 is 11.6 Å². The molecule has 3 aromatic rings. The molecule has 0 aliphatic carbocycles. The van der Waals surface area contributed by atoms with Gasteiger partial charge in [0, 0.05) is 17.9 Å². The lowest BCUT2D eigenvalue weighted by Crippen LogP contribution is -2.34. The van der Waals surface area contributed by atoms with Crippen LogP contribution < -0.4 is 4.90 Å². The maximum Gasteiger partial charge on any atom is 0.293 e. The second-order valence-electron chi connectivity index (χ2n) is 5.88. The highest BCUT2D eigenvalue weighted by Crippen LogP contribution is 2.42. The third-order valence-electron chi connectivity index (χ3n) is 4.49. The molecule has 0 N–H and O–H groups in total. The number of Topliss-reactive ketones (excluding diaryl/α,β-unsaturated/α-hetero) is 1. The molecule has 0 atom stereocenters. The van der Waals surface area contributed by atoms with Gasteiger partial charge in [-0.15, -0.1) is 0 Å². The Morgan fingerprint density at radius 1 is 1.00 bits per heavy atom. The fourth-order valence-corrected chi connectivity index (χ4v) is 3.55. The van der Waals surface area contributed by atoms with Crippen LogP contribution in [0.3, 0.4) is 0 Å². The van der Waals surface area contributed by atoms with Crippen LogP contribution in [0.15, 0.2) is 48.5 Å². The largest absolute Gasteiger partial charge is 0.321 e. The Balaban J connectivity index is 2.14. The van der Waals surface area contributed by atoms with Gasteiger partial charge in [-0.1, -0.05) is 36.4 Å². The number of para-hydroxylation sites is 2. The third-order valence-corrected chi connectivity index (χ3v) is 4.66. The van der Waals surface area contributed by atoms with Gasteiger partial charge in [0.05, 0.1) is 22.5 Å². The highest BCUT2D eigenvalue weighted by Gasteiger charge is 2.33. The second kappa shape index (κ2) is 5.57. The second-order valence-corrected chi connectivity index (χ2v) is 6.22. The van der Waals surface area contributed by atoms with Gasteiger partial charge in [0.25, 0.3) is 5.24 Å². The monoisotopic (exact) mass is 352 g/mol. The first-order valence-electron chi connectivity index (χ1n) is 7.73. The van der Waals surface area contributed by atoms with Gasteiger partial charge in [-0.25, -0.2) is 0 Å². The smallest absolute Gasteiger partial charge is 0.293 e. The molecule has 0 unspecified atom stereocenters. The molecule has 1 aliphatic heterocycles. The molecule has 124 valence electrons. The molecule has 0 fully saturated rings. The SMILES string of the molecule is CC(=O)N1Cn2c(c(C(=O)C(=O)Cl)c3ccccc32)-c2ccccc21. The van der Waals surface area contributed by atoms with E-state index in [2.05, 4.69) is 0 Å². The standard InChI is InChI=1S/C19H13ClN2O3/c1-11(23)21-10-22-14-8-4-2-6-12(14)16(18(24)19(20)25)17(22)13-7-3-5-9-15(13)21/h2-9H,10H2,1H3. The number of carbonyl (C=O) groups excluding carboxylic acids is 3. The summed E-state index contributed by atoms with van der Waals surface area (Å²) in [7, 11) is 0. The van der Waals surface area contributed by atoms with E-state index in [1.807, 2.05) is 41.0 Å². The predicted molar refractivity (Wildman–Crippen MR) is 95.7 cm³/mol. The van der Waals surface area contributed by atoms with Crippen molar-refractivity contribution in [1.82, 2.24) is 4.57 Å². The van der Waals surface area contributed by atoms with Crippen LogP contribution in [0.2, 0.25) is 0 Å². The first-order valence-corrected chi connectivity index (χ1v) is 8.11. The van der Waals surface area contributed by atoms with Crippen molar-refractivity contribution in [2.24, 2.45) is 0 Å². The zero-order chi connectivity index (χ0) is 17.7. The summed E-state index contributed by atoms with van der Waals surface area (Å²) in [4.78, 5) is 37.9. The Hall–Kier alpha value is -2.92. The van der Waals surface area contributed by atoms with Crippen molar-refractivity contribution in [3.05, 3.63) is 54.1 Å². The molecule has 1 aliphatic rings. The molecule has 1 aromatic heterocycles. The van der Waals surface area contributed by atoms with Crippen molar-refractivity contribution in [1.29, 1.82) is 0 Å². The average molecular weight is 353 g/mol. The van der Waals surface area contributed by atoms with Crippen molar-refractivity contribution in [3.8, 4) is 11.3 Å². The first-order chi connectivity index (χ1) is 12.0. The van der Waals surface area contributed by atoms with Gasteiger partial charge < -0.3 is 4.57 Å². The predicted octanol–water partition coefficient (Wildman–Crippen LogP) is 3.58. The Morgan fingerprint density at radius 2 is 1.68 bits per heavy atom. The first kappa shape index (κ1) is 15.6. The molecule has 25 heavy (non-hydrogen) atoms. The van der Waals surface area contributed by atoms with Crippen LogP contribution in [0.4, 0.5) is 5.69 Å². The van der Waals surface area contributed by atoms with Crippen LogP contribution in [-0.2, 0) is 16.3 Å². The quantitative estimate of drug-likeness (QED) is 0.402. The van der Waals surface area contributed by atoms with E-state index >= 15 is 0 Å².